The largest absolute Gasteiger partial charge is 0.497 e. The summed E-state index contributed by atoms with van der Waals surface area (Å²) in [5.74, 6) is 0.816. The molecule has 0 saturated carbocycles. The van der Waals surface area contributed by atoms with Crippen LogP contribution in [-0.2, 0) is 4.79 Å². The number of benzene rings is 1. The number of carbonyl (C=O) groups excluding carboxylic acids is 1. The zero-order chi connectivity index (χ0) is 9.52. The van der Waals surface area contributed by atoms with Crippen LogP contribution in [0.4, 0.5) is 5.69 Å². The van der Waals surface area contributed by atoms with Gasteiger partial charge in [0.05, 0.1) is 7.11 Å². The SMILES string of the molecule is COc1cccc(NCCC=O)c1. The predicted molar refractivity (Wildman–Crippen MR) is 52.2 cm³/mol. The Balaban J connectivity index is 2.50. The van der Waals surface area contributed by atoms with Gasteiger partial charge in [-0.25, -0.2) is 0 Å². The van der Waals surface area contributed by atoms with Gasteiger partial charge in [-0.2, -0.15) is 0 Å². The van der Waals surface area contributed by atoms with E-state index in [1.54, 1.807) is 7.11 Å². The fourth-order valence-electron chi connectivity index (χ4n) is 1.01. The molecule has 0 aliphatic rings. The van der Waals surface area contributed by atoms with Crippen molar-refractivity contribution in [1.29, 1.82) is 0 Å². The van der Waals surface area contributed by atoms with Gasteiger partial charge in [0.2, 0.25) is 0 Å². The molecule has 0 fully saturated rings. The van der Waals surface area contributed by atoms with Crippen molar-refractivity contribution in [2.75, 3.05) is 19.0 Å². The number of methoxy groups -OCH3 is 1. The van der Waals surface area contributed by atoms with Crippen LogP contribution in [0.1, 0.15) is 6.42 Å². The van der Waals surface area contributed by atoms with E-state index in [2.05, 4.69) is 5.32 Å². The fraction of sp³-hybridized carbons (Fsp3) is 0.300. The van der Waals surface area contributed by atoms with Crippen molar-refractivity contribution >= 4 is 12.0 Å². The quantitative estimate of drug-likeness (QED) is 0.552. The molecule has 1 rings (SSSR count). The minimum Gasteiger partial charge on any atom is -0.497 e. The van der Waals surface area contributed by atoms with Gasteiger partial charge < -0.3 is 14.8 Å². The topological polar surface area (TPSA) is 38.3 Å². The summed E-state index contributed by atoms with van der Waals surface area (Å²) < 4.78 is 5.05. The van der Waals surface area contributed by atoms with Gasteiger partial charge in [0, 0.05) is 24.7 Å². The first-order valence-electron chi connectivity index (χ1n) is 4.18. The molecule has 0 unspecified atom stereocenters. The molecular formula is C10H13NO2. The van der Waals surface area contributed by atoms with Crippen LogP contribution in [-0.4, -0.2) is 19.9 Å². The van der Waals surface area contributed by atoms with Gasteiger partial charge in [0.15, 0.2) is 0 Å². The molecule has 0 aromatic heterocycles. The van der Waals surface area contributed by atoms with Crippen LogP contribution in [0.15, 0.2) is 24.3 Å². The Kier molecular flexibility index (Phi) is 3.82. The molecule has 70 valence electrons. The average molecular weight is 179 g/mol. The molecule has 13 heavy (non-hydrogen) atoms. The van der Waals surface area contributed by atoms with E-state index in [4.69, 9.17) is 4.74 Å². The van der Waals surface area contributed by atoms with E-state index >= 15 is 0 Å². The normalized spacial score (nSPS) is 9.31. The third-order valence-electron chi connectivity index (χ3n) is 1.66. The van der Waals surface area contributed by atoms with E-state index in [0.29, 0.717) is 13.0 Å². The summed E-state index contributed by atoms with van der Waals surface area (Å²) in [6, 6.07) is 7.62. The first kappa shape index (κ1) is 9.58. The van der Waals surface area contributed by atoms with E-state index < -0.39 is 0 Å². The van der Waals surface area contributed by atoms with Crippen molar-refractivity contribution in [3.63, 3.8) is 0 Å². The molecule has 1 aromatic rings. The summed E-state index contributed by atoms with van der Waals surface area (Å²) in [7, 11) is 1.63. The minimum atomic E-state index is 0.525. The molecule has 3 heteroatoms. The maximum Gasteiger partial charge on any atom is 0.121 e. The highest BCUT2D eigenvalue weighted by Gasteiger charge is 1.93. The molecule has 0 aliphatic carbocycles. The van der Waals surface area contributed by atoms with Gasteiger partial charge in [-0.3, -0.25) is 0 Å². The zero-order valence-electron chi connectivity index (χ0n) is 7.62. The second-order valence-corrected chi connectivity index (χ2v) is 2.61. The lowest BCUT2D eigenvalue weighted by Crippen LogP contribution is -2.01. The Labute approximate surface area is 77.7 Å². The molecule has 0 amide bonds. The van der Waals surface area contributed by atoms with Gasteiger partial charge in [-0.1, -0.05) is 6.07 Å². The van der Waals surface area contributed by atoms with Crippen LogP contribution in [0.5, 0.6) is 5.75 Å². The number of ether oxygens (including phenoxy) is 1. The number of rotatable bonds is 5. The number of hydrogen-bond donors (Lipinski definition) is 1. The number of hydrogen-bond acceptors (Lipinski definition) is 3. The van der Waals surface area contributed by atoms with E-state index in [9.17, 15) is 4.79 Å². The van der Waals surface area contributed by atoms with E-state index in [0.717, 1.165) is 17.7 Å². The lowest BCUT2D eigenvalue weighted by molar-refractivity contribution is -0.107. The molecular weight excluding hydrogens is 166 g/mol. The lowest BCUT2D eigenvalue weighted by Gasteiger charge is -2.05. The van der Waals surface area contributed by atoms with Crippen LogP contribution in [0, 0.1) is 0 Å². The van der Waals surface area contributed by atoms with Gasteiger partial charge >= 0.3 is 0 Å². The maximum atomic E-state index is 10.1. The summed E-state index contributed by atoms with van der Waals surface area (Å²) in [5.41, 5.74) is 0.973. The summed E-state index contributed by atoms with van der Waals surface area (Å²) in [4.78, 5) is 10.1. The monoisotopic (exact) mass is 179 g/mol. The first-order chi connectivity index (χ1) is 6.36. The minimum absolute atomic E-state index is 0.525. The van der Waals surface area contributed by atoms with Crippen molar-refractivity contribution in [3.8, 4) is 5.75 Å². The summed E-state index contributed by atoms with van der Waals surface area (Å²) >= 11 is 0. The van der Waals surface area contributed by atoms with Crippen molar-refractivity contribution in [1.82, 2.24) is 0 Å². The van der Waals surface area contributed by atoms with Crippen molar-refractivity contribution < 1.29 is 9.53 Å². The number of aldehydes is 1. The number of nitrogens with one attached hydrogen (secondary N) is 1. The van der Waals surface area contributed by atoms with Crippen LogP contribution in [0.25, 0.3) is 0 Å². The number of carbonyl (C=O) groups is 1. The van der Waals surface area contributed by atoms with Crippen molar-refractivity contribution in [2.24, 2.45) is 0 Å². The molecule has 1 N–H and O–H groups in total. The Morgan fingerprint density at radius 3 is 3.08 bits per heavy atom. The summed E-state index contributed by atoms with van der Waals surface area (Å²) in [6.45, 7) is 0.663. The molecule has 0 aliphatic heterocycles. The van der Waals surface area contributed by atoms with Crippen LogP contribution in [0.3, 0.4) is 0 Å². The highest BCUT2D eigenvalue weighted by atomic mass is 16.5. The van der Waals surface area contributed by atoms with Gasteiger partial charge in [0.25, 0.3) is 0 Å². The van der Waals surface area contributed by atoms with Crippen molar-refractivity contribution in [3.05, 3.63) is 24.3 Å². The smallest absolute Gasteiger partial charge is 0.121 e. The molecule has 0 saturated heterocycles. The molecule has 0 radical (unpaired) electrons. The lowest BCUT2D eigenvalue weighted by atomic mass is 10.3. The van der Waals surface area contributed by atoms with Gasteiger partial charge in [-0.15, -0.1) is 0 Å². The first-order valence-corrected chi connectivity index (χ1v) is 4.18. The summed E-state index contributed by atoms with van der Waals surface area (Å²) in [5, 5.41) is 3.11. The third-order valence-corrected chi connectivity index (χ3v) is 1.66. The van der Waals surface area contributed by atoms with E-state index in [1.807, 2.05) is 24.3 Å². The Morgan fingerprint density at radius 1 is 1.54 bits per heavy atom. The average Bonchev–Trinajstić information content (AvgIpc) is 2.19. The Hall–Kier alpha value is -1.51. The Morgan fingerprint density at radius 2 is 2.38 bits per heavy atom. The maximum absolute atomic E-state index is 10.1. The standard InChI is InChI=1S/C10H13NO2/c1-13-10-5-2-4-9(8-10)11-6-3-7-12/h2,4-5,7-8,11H,3,6H2,1H3. The zero-order valence-corrected chi connectivity index (χ0v) is 7.62. The summed E-state index contributed by atoms with van der Waals surface area (Å²) in [6.07, 6.45) is 1.42. The molecule has 3 nitrogen and oxygen atoms in total. The molecule has 1 aromatic carbocycles. The second-order valence-electron chi connectivity index (χ2n) is 2.61. The van der Waals surface area contributed by atoms with Crippen molar-refractivity contribution in [2.45, 2.75) is 6.42 Å². The molecule has 0 spiro atoms. The molecule has 0 bridgehead atoms. The third kappa shape index (κ3) is 3.15. The fourth-order valence-corrected chi connectivity index (χ4v) is 1.01. The van der Waals surface area contributed by atoms with Gasteiger partial charge in [-0.05, 0) is 12.1 Å². The Bertz CT molecular complexity index is 273. The molecule has 0 atom stereocenters. The van der Waals surface area contributed by atoms with E-state index in [-0.39, 0.29) is 0 Å². The number of anilines is 1. The predicted octanol–water partition coefficient (Wildman–Crippen LogP) is 1.70. The second kappa shape index (κ2) is 5.19. The highest BCUT2D eigenvalue weighted by Crippen LogP contribution is 2.16. The van der Waals surface area contributed by atoms with E-state index in [1.165, 1.54) is 0 Å². The van der Waals surface area contributed by atoms with Gasteiger partial charge in [0.1, 0.15) is 12.0 Å². The van der Waals surface area contributed by atoms with Crippen LogP contribution in [0.2, 0.25) is 0 Å². The molecule has 0 heterocycles. The van der Waals surface area contributed by atoms with Crippen LogP contribution < -0.4 is 10.1 Å². The van der Waals surface area contributed by atoms with Crippen LogP contribution >= 0.6 is 0 Å². The highest BCUT2D eigenvalue weighted by molar-refractivity contribution is 5.52.